The van der Waals surface area contributed by atoms with E-state index >= 15 is 0 Å². The normalized spacial score (nSPS) is 32.9. The van der Waals surface area contributed by atoms with E-state index in [0.717, 1.165) is 76.6 Å². The van der Waals surface area contributed by atoms with Crippen molar-refractivity contribution < 1.29 is 13.7 Å². The first-order chi connectivity index (χ1) is 20.3. The largest absolute Gasteiger partial charge is 0.339 e. The zero-order valence-corrected chi connectivity index (χ0v) is 24.7. The van der Waals surface area contributed by atoms with Crippen molar-refractivity contribution in [3.05, 3.63) is 53.3 Å². The SMILES string of the molecule is Cc1nc2ccc(-c3ccnc(N(CC45CCC(c6nc(C7CC7)no6)(CC4)CC5)C(=O)C45CC(F)(C4)C5)c3)cc2s1. The van der Waals surface area contributed by atoms with E-state index in [1.165, 1.54) is 12.8 Å². The maximum atomic E-state index is 14.6. The monoisotopic (exact) mass is 583 g/mol. The van der Waals surface area contributed by atoms with E-state index < -0.39 is 11.1 Å². The Bertz CT molecular complexity index is 1710. The van der Waals surface area contributed by atoms with Crippen LogP contribution in [0, 0.1) is 17.8 Å². The van der Waals surface area contributed by atoms with Crippen LogP contribution >= 0.6 is 11.3 Å². The number of amides is 1. The molecule has 4 bridgehead atoms. The number of fused-ring (bicyclic) bond motifs is 4. The Hall–Kier alpha value is -3.20. The number of aromatic nitrogens is 4. The van der Waals surface area contributed by atoms with Crippen LogP contribution in [0.4, 0.5) is 10.2 Å². The molecular weight excluding hydrogens is 549 g/mol. The van der Waals surface area contributed by atoms with Gasteiger partial charge in [0, 0.05) is 24.1 Å². The van der Waals surface area contributed by atoms with E-state index in [9.17, 15) is 9.18 Å². The van der Waals surface area contributed by atoms with Crippen LogP contribution in [0.1, 0.15) is 93.3 Å². The van der Waals surface area contributed by atoms with Gasteiger partial charge in [0.25, 0.3) is 0 Å². The van der Waals surface area contributed by atoms with Crippen molar-refractivity contribution in [2.75, 3.05) is 11.4 Å². The molecule has 0 saturated heterocycles. The number of thiazole rings is 1. The summed E-state index contributed by atoms with van der Waals surface area (Å²) in [7, 11) is 0. The molecule has 0 radical (unpaired) electrons. The van der Waals surface area contributed by atoms with Gasteiger partial charge in [0.1, 0.15) is 11.5 Å². The quantitative estimate of drug-likeness (QED) is 0.225. The van der Waals surface area contributed by atoms with Crippen LogP contribution in [-0.4, -0.2) is 38.2 Å². The number of hydrogen-bond donors (Lipinski definition) is 0. The van der Waals surface area contributed by atoms with E-state index in [4.69, 9.17) is 14.5 Å². The number of carbonyl (C=O) groups is 1. The molecule has 7 aliphatic carbocycles. The summed E-state index contributed by atoms with van der Waals surface area (Å²) >= 11 is 1.69. The lowest BCUT2D eigenvalue weighted by atomic mass is 9.41. The lowest BCUT2D eigenvalue weighted by molar-refractivity contribution is -0.211. The van der Waals surface area contributed by atoms with Gasteiger partial charge in [-0.2, -0.15) is 4.98 Å². The highest BCUT2D eigenvalue weighted by Crippen LogP contribution is 2.70. The predicted molar refractivity (Wildman–Crippen MR) is 158 cm³/mol. The van der Waals surface area contributed by atoms with Crippen molar-refractivity contribution >= 4 is 33.3 Å². The summed E-state index contributed by atoms with van der Waals surface area (Å²) in [5.74, 6) is 2.94. The van der Waals surface area contributed by atoms with E-state index in [0.29, 0.717) is 37.5 Å². The van der Waals surface area contributed by atoms with Gasteiger partial charge in [-0.15, -0.1) is 11.3 Å². The van der Waals surface area contributed by atoms with Crippen LogP contribution in [0.25, 0.3) is 21.3 Å². The number of nitrogens with zero attached hydrogens (tertiary/aromatic N) is 5. The Morgan fingerprint density at radius 3 is 2.48 bits per heavy atom. The van der Waals surface area contributed by atoms with E-state index in [1.807, 2.05) is 30.2 Å². The Balaban J connectivity index is 1.02. The minimum absolute atomic E-state index is 0.0183. The lowest BCUT2D eigenvalue weighted by Gasteiger charge is -2.65. The fourth-order valence-electron chi connectivity index (χ4n) is 8.51. The molecule has 9 heteroatoms. The van der Waals surface area contributed by atoms with Crippen LogP contribution in [0.3, 0.4) is 0 Å². The Kier molecular flexibility index (Phi) is 5.10. The summed E-state index contributed by atoms with van der Waals surface area (Å²) in [6.45, 7) is 2.65. The number of hydrogen-bond acceptors (Lipinski definition) is 7. The van der Waals surface area contributed by atoms with Gasteiger partial charge in [-0.05, 0) is 118 Å². The molecule has 11 rings (SSSR count). The van der Waals surface area contributed by atoms with Gasteiger partial charge in [0.05, 0.1) is 20.6 Å². The van der Waals surface area contributed by atoms with Crippen LogP contribution < -0.4 is 4.90 Å². The summed E-state index contributed by atoms with van der Waals surface area (Å²) in [5, 5.41) is 5.36. The molecule has 0 aliphatic heterocycles. The molecule has 3 heterocycles. The van der Waals surface area contributed by atoms with Crippen molar-refractivity contribution in [3.63, 3.8) is 0 Å². The minimum atomic E-state index is -1.13. The van der Waals surface area contributed by atoms with E-state index in [2.05, 4.69) is 28.3 Å². The van der Waals surface area contributed by atoms with Gasteiger partial charge in [0.2, 0.25) is 11.8 Å². The molecule has 0 atom stereocenters. The number of anilines is 1. The molecule has 7 saturated carbocycles. The first-order valence-electron chi connectivity index (χ1n) is 15.4. The van der Waals surface area contributed by atoms with Crippen molar-refractivity contribution in [1.82, 2.24) is 20.1 Å². The third-order valence-corrected chi connectivity index (χ3v) is 12.2. The van der Waals surface area contributed by atoms with Gasteiger partial charge < -0.3 is 4.52 Å². The van der Waals surface area contributed by atoms with Crippen molar-refractivity contribution in [2.45, 2.75) is 94.6 Å². The zero-order valence-electron chi connectivity index (χ0n) is 23.9. The van der Waals surface area contributed by atoms with Crippen LogP contribution in [0.5, 0.6) is 0 Å². The second-order valence-electron chi connectivity index (χ2n) is 14.2. The maximum absolute atomic E-state index is 14.6. The topological polar surface area (TPSA) is 85.0 Å². The molecule has 42 heavy (non-hydrogen) atoms. The number of benzene rings is 1. The summed E-state index contributed by atoms with van der Waals surface area (Å²) < 4.78 is 21.6. The third kappa shape index (κ3) is 3.77. The molecule has 1 aromatic carbocycles. The maximum Gasteiger partial charge on any atom is 0.234 e. The predicted octanol–water partition coefficient (Wildman–Crippen LogP) is 7.44. The van der Waals surface area contributed by atoms with Gasteiger partial charge in [-0.1, -0.05) is 11.2 Å². The summed E-state index contributed by atoms with van der Waals surface area (Å²) in [6.07, 6.45) is 11.2. The van der Waals surface area contributed by atoms with Crippen LogP contribution in [-0.2, 0) is 10.2 Å². The van der Waals surface area contributed by atoms with Gasteiger partial charge in [-0.3, -0.25) is 9.69 Å². The van der Waals surface area contributed by atoms with Gasteiger partial charge >= 0.3 is 0 Å². The molecular formula is C33H34FN5O2S. The molecule has 7 fully saturated rings. The average molecular weight is 584 g/mol. The van der Waals surface area contributed by atoms with Crippen LogP contribution in [0.2, 0.25) is 0 Å². The molecule has 7 aliphatic rings. The molecule has 0 spiro atoms. The zero-order chi connectivity index (χ0) is 28.3. The summed E-state index contributed by atoms with van der Waals surface area (Å²) in [5.41, 5.74) is 1.41. The number of pyridine rings is 1. The highest BCUT2D eigenvalue weighted by molar-refractivity contribution is 7.18. The second-order valence-corrected chi connectivity index (χ2v) is 15.4. The molecule has 0 N–H and O–H groups in total. The molecule has 0 unspecified atom stereocenters. The number of rotatable bonds is 7. The second kappa shape index (κ2) is 8.46. The third-order valence-electron chi connectivity index (χ3n) is 11.2. The first kappa shape index (κ1) is 25.3. The summed E-state index contributed by atoms with van der Waals surface area (Å²) in [4.78, 5) is 30.4. The van der Waals surface area contributed by atoms with E-state index in [1.54, 1.807) is 11.3 Å². The van der Waals surface area contributed by atoms with Crippen molar-refractivity contribution in [1.29, 1.82) is 0 Å². The number of halogens is 1. The van der Waals surface area contributed by atoms with E-state index in [-0.39, 0.29) is 16.7 Å². The van der Waals surface area contributed by atoms with Gasteiger partial charge in [0.15, 0.2) is 5.82 Å². The number of carbonyl (C=O) groups excluding carboxylic acids is 1. The summed E-state index contributed by atoms with van der Waals surface area (Å²) in [6, 6.07) is 10.4. The molecule has 7 nitrogen and oxygen atoms in total. The standard InChI is InChI=1S/C33H34FN5O2S/c1-20-36-24-5-4-22(14-25(24)42-20)23-6-13-35-26(15-23)39(29(40)32-16-33(34,17-32)18-32)19-30-7-10-31(11-8-30,12-9-30)28-37-27(38-41-28)21-2-3-21/h4-6,13-15,21H,2-3,7-12,16-19H2,1H3. The minimum Gasteiger partial charge on any atom is -0.339 e. The molecule has 1 amide bonds. The van der Waals surface area contributed by atoms with Crippen molar-refractivity contribution in [2.24, 2.45) is 10.8 Å². The van der Waals surface area contributed by atoms with Crippen LogP contribution in [0.15, 0.2) is 41.1 Å². The van der Waals surface area contributed by atoms with Gasteiger partial charge in [-0.25, -0.2) is 14.4 Å². The van der Waals surface area contributed by atoms with Crippen molar-refractivity contribution in [3.8, 4) is 11.1 Å². The molecule has 4 aromatic rings. The Morgan fingerprint density at radius 1 is 1.02 bits per heavy atom. The Labute approximate surface area is 247 Å². The fourth-order valence-corrected chi connectivity index (χ4v) is 9.38. The lowest BCUT2D eigenvalue weighted by Crippen LogP contribution is -2.71. The highest BCUT2D eigenvalue weighted by atomic mass is 32.1. The average Bonchev–Trinajstić information content (AvgIpc) is 3.57. The number of aryl methyl sites for hydroxylation is 1. The smallest absolute Gasteiger partial charge is 0.234 e. The molecule has 3 aromatic heterocycles. The number of alkyl halides is 1. The fraction of sp³-hybridized carbons (Fsp3) is 0.545. The highest BCUT2D eigenvalue weighted by Gasteiger charge is 2.73. The first-order valence-corrected chi connectivity index (χ1v) is 16.3. The molecule has 216 valence electrons. The Morgan fingerprint density at radius 2 is 1.76 bits per heavy atom.